The number of benzene rings is 1. The van der Waals surface area contributed by atoms with E-state index in [1.807, 2.05) is 25.1 Å². The Morgan fingerprint density at radius 1 is 1.35 bits per heavy atom. The first-order valence-corrected chi connectivity index (χ1v) is 7.22. The van der Waals surface area contributed by atoms with Crippen molar-refractivity contribution >= 4 is 17.3 Å². The molecule has 0 bridgehead atoms. The van der Waals surface area contributed by atoms with E-state index in [2.05, 4.69) is 10.3 Å². The fraction of sp³-hybridized carbons (Fsp3) is 0.312. The fourth-order valence-electron chi connectivity index (χ4n) is 2.78. The van der Waals surface area contributed by atoms with Gasteiger partial charge >= 0.3 is 0 Å². The van der Waals surface area contributed by atoms with Crippen LogP contribution in [0.15, 0.2) is 30.5 Å². The first kappa shape index (κ1) is 13.3. The van der Waals surface area contributed by atoms with Gasteiger partial charge in [0.15, 0.2) is 5.15 Å². The number of anilines is 1. The lowest BCUT2D eigenvalue weighted by atomic mass is 9.87. The van der Waals surface area contributed by atoms with Crippen molar-refractivity contribution in [3.05, 3.63) is 52.3 Å². The van der Waals surface area contributed by atoms with E-state index in [0.29, 0.717) is 10.9 Å². The molecular weight excluding hydrogens is 272 g/mol. The molecule has 1 heterocycles. The number of phenolic OH excluding ortho intramolecular Hbond substituents is 1. The third-order valence-corrected chi connectivity index (χ3v) is 4.05. The van der Waals surface area contributed by atoms with Crippen LogP contribution in [0.4, 0.5) is 5.69 Å². The molecule has 1 unspecified atom stereocenters. The maximum absolute atomic E-state index is 9.70. The number of hydrogen-bond donors (Lipinski definition) is 2. The molecule has 0 saturated carbocycles. The molecule has 20 heavy (non-hydrogen) atoms. The third kappa shape index (κ3) is 2.59. The zero-order valence-corrected chi connectivity index (χ0v) is 12.1. The second kappa shape index (κ2) is 5.33. The maximum Gasteiger partial charge on any atom is 0.152 e. The Kier molecular flexibility index (Phi) is 3.53. The number of aromatic hydroxyl groups is 1. The average molecular weight is 289 g/mol. The molecule has 1 aliphatic rings. The monoisotopic (exact) mass is 288 g/mol. The quantitative estimate of drug-likeness (QED) is 0.813. The van der Waals surface area contributed by atoms with Crippen LogP contribution in [-0.4, -0.2) is 10.1 Å². The van der Waals surface area contributed by atoms with Gasteiger partial charge in [0, 0.05) is 6.20 Å². The zero-order valence-electron chi connectivity index (χ0n) is 11.4. The molecule has 2 aromatic rings. The summed E-state index contributed by atoms with van der Waals surface area (Å²) in [6.45, 7) is 2.00. The normalized spacial score (nSPS) is 17.6. The molecule has 0 spiro atoms. The Morgan fingerprint density at radius 2 is 2.20 bits per heavy atom. The number of aryl methyl sites for hydroxylation is 2. The molecular formula is C16H17ClN2O. The summed E-state index contributed by atoms with van der Waals surface area (Å²) in [5.41, 5.74) is 4.38. The SMILES string of the molecule is Cc1cnc(Cl)c(NC2CCCc3ccc(O)cc32)c1. The van der Waals surface area contributed by atoms with Crippen LogP contribution in [0.25, 0.3) is 0 Å². The van der Waals surface area contributed by atoms with Crippen LogP contribution in [0.2, 0.25) is 5.15 Å². The Bertz CT molecular complexity index is 642. The van der Waals surface area contributed by atoms with Gasteiger partial charge in [-0.1, -0.05) is 17.7 Å². The first-order chi connectivity index (χ1) is 9.63. The van der Waals surface area contributed by atoms with E-state index in [0.717, 1.165) is 36.1 Å². The summed E-state index contributed by atoms with van der Waals surface area (Å²) < 4.78 is 0. The van der Waals surface area contributed by atoms with E-state index in [9.17, 15) is 5.11 Å². The number of phenols is 1. The van der Waals surface area contributed by atoms with Crippen LogP contribution in [0.3, 0.4) is 0 Å². The molecule has 3 nitrogen and oxygen atoms in total. The van der Waals surface area contributed by atoms with E-state index in [-0.39, 0.29) is 6.04 Å². The minimum Gasteiger partial charge on any atom is -0.508 e. The number of nitrogens with one attached hydrogen (secondary N) is 1. The number of aromatic nitrogens is 1. The van der Waals surface area contributed by atoms with Gasteiger partial charge in [0.25, 0.3) is 0 Å². The lowest BCUT2D eigenvalue weighted by Crippen LogP contribution is -2.17. The molecule has 104 valence electrons. The molecule has 4 heteroatoms. The highest BCUT2D eigenvalue weighted by atomic mass is 35.5. The molecule has 1 atom stereocenters. The topological polar surface area (TPSA) is 45.2 Å². The Balaban J connectivity index is 1.93. The van der Waals surface area contributed by atoms with Crippen LogP contribution in [0.1, 0.15) is 35.6 Å². The highest BCUT2D eigenvalue weighted by Crippen LogP contribution is 2.35. The van der Waals surface area contributed by atoms with E-state index in [1.54, 1.807) is 12.3 Å². The van der Waals surface area contributed by atoms with Crippen molar-refractivity contribution in [2.24, 2.45) is 0 Å². The van der Waals surface area contributed by atoms with E-state index in [4.69, 9.17) is 11.6 Å². The van der Waals surface area contributed by atoms with Gasteiger partial charge in [-0.05, 0) is 61.1 Å². The highest BCUT2D eigenvalue weighted by Gasteiger charge is 2.21. The summed E-state index contributed by atoms with van der Waals surface area (Å²) in [6, 6.07) is 7.79. The second-order valence-electron chi connectivity index (χ2n) is 5.32. The van der Waals surface area contributed by atoms with Crippen molar-refractivity contribution in [1.29, 1.82) is 0 Å². The van der Waals surface area contributed by atoms with Gasteiger partial charge in [0.05, 0.1) is 11.7 Å². The van der Waals surface area contributed by atoms with Crippen molar-refractivity contribution < 1.29 is 5.11 Å². The van der Waals surface area contributed by atoms with Crippen LogP contribution < -0.4 is 5.32 Å². The van der Waals surface area contributed by atoms with Crippen molar-refractivity contribution in [2.75, 3.05) is 5.32 Å². The number of hydrogen-bond acceptors (Lipinski definition) is 3. The molecule has 1 aromatic heterocycles. The van der Waals surface area contributed by atoms with E-state index >= 15 is 0 Å². The summed E-state index contributed by atoms with van der Waals surface area (Å²) in [5.74, 6) is 0.311. The molecule has 3 rings (SSSR count). The Hall–Kier alpha value is -1.74. The standard InChI is InChI=1S/C16H17ClN2O/c1-10-7-15(16(17)18-9-10)19-14-4-2-3-11-5-6-12(20)8-13(11)14/h5-9,14,19-20H,2-4H2,1H3. The number of halogens is 1. The van der Waals surface area contributed by atoms with Gasteiger partial charge < -0.3 is 10.4 Å². The molecule has 0 fully saturated rings. The predicted octanol–water partition coefficient (Wildman–Crippen LogP) is 4.24. The number of nitrogens with zero attached hydrogens (tertiary/aromatic N) is 1. The molecule has 0 saturated heterocycles. The fourth-order valence-corrected chi connectivity index (χ4v) is 2.94. The minimum atomic E-state index is 0.173. The summed E-state index contributed by atoms with van der Waals surface area (Å²) in [6.07, 6.45) is 4.98. The van der Waals surface area contributed by atoms with Crippen LogP contribution in [0, 0.1) is 6.92 Å². The van der Waals surface area contributed by atoms with E-state index in [1.165, 1.54) is 5.56 Å². The van der Waals surface area contributed by atoms with Crippen molar-refractivity contribution in [3.63, 3.8) is 0 Å². The summed E-state index contributed by atoms with van der Waals surface area (Å²) in [4.78, 5) is 4.17. The van der Waals surface area contributed by atoms with Gasteiger partial charge in [0.2, 0.25) is 0 Å². The molecule has 2 N–H and O–H groups in total. The van der Waals surface area contributed by atoms with Crippen LogP contribution >= 0.6 is 11.6 Å². The number of rotatable bonds is 2. The van der Waals surface area contributed by atoms with Crippen molar-refractivity contribution in [3.8, 4) is 5.75 Å². The Morgan fingerprint density at radius 3 is 3.05 bits per heavy atom. The number of fused-ring (bicyclic) bond motifs is 1. The number of pyridine rings is 1. The summed E-state index contributed by atoms with van der Waals surface area (Å²) in [7, 11) is 0. The van der Waals surface area contributed by atoms with Gasteiger partial charge in [-0.15, -0.1) is 0 Å². The van der Waals surface area contributed by atoms with Crippen LogP contribution in [-0.2, 0) is 6.42 Å². The summed E-state index contributed by atoms with van der Waals surface area (Å²) >= 11 is 6.15. The molecule has 0 amide bonds. The maximum atomic E-state index is 9.70. The van der Waals surface area contributed by atoms with Crippen LogP contribution in [0.5, 0.6) is 5.75 Å². The Labute approximate surface area is 123 Å². The molecule has 1 aliphatic carbocycles. The first-order valence-electron chi connectivity index (χ1n) is 6.84. The third-order valence-electron chi connectivity index (χ3n) is 3.75. The average Bonchev–Trinajstić information content (AvgIpc) is 2.43. The highest BCUT2D eigenvalue weighted by molar-refractivity contribution is 6.32. The lowest BCUT2D eigenvalue weighted by molar-refractivity contribution is 0.471. The minimum absolute atomic E-state index is 0.173. The second-order valence-corrected chi connectivity index (χ2v) is 5.68. The van der Waals surface area contributed by atoms with E-state index < -0.39 is 0 Å². The predicted molar refractivity (Wildman–Crippen MR) is 81.4 cm³/mol. The van der Waals surface area contributed by atoms with Crippen molar-refractivity contribution in [2.45, 2.75) is 32.2 Å². The van der Waals surface area contributed by atoms with Gasteiger partial charge in [-0.3, -0.25) is 0 Å². The molecule has 0 radical (unpaired) electrons. The smallest absolute Gasteiger partial charge is 0.152 e. The summed E-state index contributed by atoms with van der Waals surface area (Å²) in [5, 5.41) is 13.7. The molecule has 0 aliphatic heterocycles. The van der Waals surface area contributed by atoms with Gasteiger partial charge in [-0.25, -0.2) is 4.98 Å². The molecule has 1 aromatic carbocycles. The largest absolute Gasteiger partial charge is 0.508 e. The van der Waals surface area contributed by atoms with Gasteiger partial charge in [0.1, 0.15) is 5.75 Å². The van der Waals surface area contributed by atoms with Gasteiger partial charge in [-0.2, -0.15) is 0 Å². The zero-order chi connectivity index (χ0) is 14.1. The lowest BCUT2D eigenvalue weighted by Gasteiger charge is -2.27. The van der Waals surface area contributed by atoms with Crippen molar-refractivity contribution in [1.82, 2.24) is 4.98 Å².